The molecule has 3 rings (SSSR count). The number of nitriles is 2. The third-order valence-corrected chi connectivity index (χ3v) is 5.35. The van der Waals surface area contributed by atoms with Gasteiger partial charge in [-0.3, -0.25) is 4.79 Å². The van der Waals surface area contributed by atoms with Gasteiger partial charge in [-0.25, -0.2) is 4.79 Å². The molecule has 37 heavy (non-hydrogen) atoms. The van der Waals surface area contributed by atoms with Crippen molar-refractivity contribution in [2.45, 2.75) is 13.3 Å². The number of benzene rings is 2. The van der Waals surface area contributed by atoms with Crippen LogP contribution in [-0.2, 0) is 14.3 Å². The van der Waals surface area contributed by atoms with Crippen LogP contribution >= 0.6 is 0 Å². The lowest BCUT2D eigenvalue weighted by molar-refractivity contribution is -0.131. The molecule has 0 atom stereocenters. The Balaban J connectivity index is 1.75. The molecule has 0 unspecified atom stereocenters. The molecule has 1 amide bonds. The number of esters is 1. The third kappa shape index (κ3) is 7.44. The van der Waals surface area contributed by atoms with Crippen LogP contribution in [0.15, 0.2) is 53.6 Å². The van der Waals surface area contributed by atoms with Crippen molar-refractivity contribution in [3.63, 3.8) is 0 Å². The van der Waals surface area contributed by atoms with Crippen molar-refractivity contribution in [3.05, 3.63) is 64.7 Å². The topological polar surface area (TPSA) is 122 Å². The first-order valence-electron chi connectivity index (χ1n) is 11.7. The van der Waals surface area contributed by atoms with Crippen LogP contribution in [0.4, 0.5) is 0 Å². The molecule has 1 fully saturated rings. The molecular formula is C28H27N3O6. The minimum Gasteiger partial charge on any atom is -0.494 e. The van der Waals surface area contributed by atoms with Gasteiger partial charge in [0.05, 0.1) is 26.9 Å². The minimum atomic E-state index is -0.851. The van der Waals surface area contributed by atoms with Gasteiger partial charge < -0.3 is 23.8 Å². The number of morpholine rings is 1. The van der Waals surface area contributed by atoms with E-state index in [1.165, 1.54) is 31.4 Å². The lowest BCUT2D eigenvalue weighted by atomic mass is 10.1. The summed E-state index contributed by atoms with van der Waals surface area (Å²) < 4.78 is 21.5. The number of nitrogens with zero attached hydrogens (tertiary/aromatic N) is 3. The smallest absolute Gasteiger partial charge is 0.354 e. The lowest BCUT2D eigenvalue weighted by Crippen LogP contribution is -2.41. The van der Waals surface area contributed by atoms with Crippen LogP contribution < -0.4 is 14.2 Å². The van der Waals surface area contributed by atoms with Crippen LogP contribution in [0.3, 0.4) is 0 Å². The number of hydrogen-bond acceptors (Lipinski definition) is 8. The standard InChI is InChI=1S/C28H27N3O6/c1-3-12-36-24-7-4-20(5-8-24)15-23(19-30)28(33)37-25-9-6-21(17-26(25)34-2)16-22(18-29)27(32)31-10-13-35-14-11-31/h4-9,15-17H,3,10-14H2,1-2H3/b22-16+,23-15+. The van der Waals surface area contributed by atoms with E-state index in [1.807, 2.05) is 19.1 Å². The molecule has 9 nitrogen and oxygen atoms in total. The van der Waals surface area contributed by atoms with Gasteiger partial charge in [0.1, 0.15) is 29.0 Å². The summed E-state index contributed by atoms with van der Waals surface area (Å²) in [4.78, 5) is 26.9. The Labute approximate surface area is 215 Å². The zero-order valence-corrected chi connectivity index (χ0v) is 20.7. The highest BCUT2D eigenvalue weighted by Gasteiger charge is 2.21. The largest absolute Gasteiger partial charge is 0.494 e. The van der Waals surface area contributed by atoms with E-state index >= 15 is 0 Å². The molecule has 0 bridgehead atoms. The van der Waals surface area contributed by atoms with Gasteiger partial charge in [-0.05, 0) is 54.0 Å². The van der Waals surface area contributed by atoms with Crippen LogP contribution in [-0.4, -0.2) is 56.8 Å². The monoisotopic (exact) mass is 501 g/mol. The lowest BCUT2D eigenvalue weighted by Gasteiger charge is -2.26. The van der Waals surface area contributed by atoms with Gasteiger partial charge in [0.15, 0.2) is 11.5 Å². The molecule has 1 aliphatic heterocycles. The first-order valence-corrected chi connectivity index (χ1v) is 11.7. The fourth-order valence-corrected chi connectivity index (χ4v) is 3.44. The van der Waals surface area contributed by atoms with Gasteiger partial charge in [-0.15, -0.1) is 0 Å². The second kappa shape index (κ2) is 13.5. The maximum atomic E-state index is 12.7. The summed E-state index contributed by atoms with van der Waals surface area (Å²) in [6.07, 6.45) is 3.76. The summed E-state index contributed by atoms with van der Waals surface area (Å²) in [5, 5.41) is 19.0. The average molecular weight is 502 g/mol. The van der Waals surface area contributed by atoms with Crippen molar-refractivity contribution in [1.29, 1.82) is 10.5 Å². The Morgan fingerprint density at radius 3 is 2.24 bits per heavy atom. The fourth-order valence-electron chi connectivity index (χ4n) is 3.44. The first-order chi connectivity index (χ1) is 18.0. The number of ether oxygens (including phenoxy) is 4. The number of amides is 1. The highest BCUT2D eigenvalue weighted by atomic mass is 16.6. The number of rotatable bonds is 9. The van der Waals surface area contributed by atoms with Crippen molar-refractivity contribution >= 4 is 24.0 Å². The Kier molecular flexibility index (Phi) is 9.83. The van der Waals surface area contributed by atoms with Crippen molar-refractivity contribution in [2.24, 2.45) is 0 Å². The molecule has 2 aromatic rings. The zero-order chi connectivity index (χ0) is 26.6. The van der Waals surface area contributed by atoms with E-state index in [-0.39, 0.29) is 28.6 Å². The number of methoxy groups -OCH3 is 1. The second-order valence-corrected chi connectivity index (χ2v) is 7.96. The maximum Gasteiger partial charge on any atom is 0.354 e. The van der Waals surface area contributed by atoms with Gasteiger partial charge in [0, 0.05) is 13.1 Å². The molecule has 9 heteroatoms. The number of carbonyl (C=O) groups excluding carboxylic acids is 2. The summed E-state index contributed by atoms with van der Waals surface area (Å²) in [6.45, 7) is 4.30. The predicted molar refractivity (Wildman–Crippen MR) is 135 cm³/mol. The Morgan fingerprint density at radius 1 is 0.973 bits per heavy atom. The normalized spacial score (nSPS) is 13.8. The molecule has 1 saturated heterocycles. The molecule has 1 heterocycles. The van der Waals surface area contributed by atoms with Crippen molar-refractivity contribution in [2.75, 3.05) is 40.0 Å². The van der Waals surface area contributed by atoms with Crippen LogP contribution in [0, 0.1) is 22.7 Å². The minimum absolute atomic E-state index is 0.0329. The maximum absolute atomic E-state index is 12.7. The molecule has 0 saturated carbocycles. The van der Waals surface area contributed by atoms with E-state index in [4.69, 9.17) is 18.9 Å². The average Bonchev–Trinajstić information content (AvgIpc) is 2.94. The van der Waals surface area contributed by atoms with E-state index in [0.29, 0.717) is 49.8 Å². The van der Waals surface area contributed by atoms with Crippen molar-refractivity contribution < 1.29 is 28.5 Å². The van der Waals surface area contributed by atoms with E-state index in [1.54, 1.807) is 35.2 Å². The zero-order valence-electron chi connectivity index (χ0n) is 20.7. The van der Waals surface area contributed by atoms with Gasteiger partial charge in [-0.2, -0.15) is 10.5 Å². The summed E-state index contributed by atoms with van der Waals surface area (Å²) in [5.41, 5.74) is 0.917. The molecule has 190 valence electrons. The summed E-state index contributed by atoms with van der Waals surface area (Å²) >= 11 is 0. The van der Waals surface area contributed by atoms with Crippen molar-refractivity contribution in [3.8, 4) is 29.4 Å². The summed E-state index contributed by atoms with van der Waals surface area (Å²) in [7, 11) is 1.40. The molecule has 0 N–H and O–H groups in total. The van der Waals surface area contributed by atoms with Crippen LogP contribution in [0.2, 0.25) is 0 Å². The Hall–Kier alpha value is -4.60. The van der Waals surface area contributed by atoms with Gasteiger partial charge in [0.25, 0.3) is 5.91 Å². The Bertz CT molecular complexity index is 1260. The number of carbonyl (C=O) groups is 2. The molecular weight excluding hydrogens is 474 g/mol. The molecule has 0 aromatic heterocycles. The Morgan fingerprint density at radius 2 is 1.62 bits per heavy atom. The van der Waals surface area contributed by atoms with E-state index in [9.17, 15) is 20.1 Å². The SMILES string of the molecule is CCCOc1ccc(/C=C(\C#N)C(=O)Oc2ccc(/C=C(\C#N)C(=O)N3CCOCC3)cc2OC)cc1. The third-order valence-electron chi connectivity index (χ3n) is 5.35. The van der Waals surface area contributed by atoms with Gasteiger partial charge in [-0.1, -0.05) is 25.1 Å². The molecule has 0 aliphatic carbocycles. The van der Waals surface area contributed by atoms with Crippen molar-refractivity contribution in [1.82, 2.24) is 4.90 Å². The van der Waals surface area contributed by atoms with Crippen LogP contribution in [0.25, 0.3) is 12.2 Å². The van der Waals surface area contributed by atoms with Gasteiger partial charge in [0.2, 0.25) is 0 Å². The van der Waals surface area contributed by atoms with E-state index in [2.05, 4.69) is 0 Å². The van der Waals surface area contributed by atoms with E-state index < -0.39 is 5.97 Å². The van der Waals surface area contributed by atoms with Gasteiger partial charge >= 0.3 is 5.97 Å². The van der Waals surface area contributed by atoms with Crippen LogP contribution in [0.5, 0.6) is 17.2 Å². The highest BCUT2D eigenvalue weighted by Crippen LogP contribution is 2.30. The van der Waals surface area contributed by atoms with Crippen LogP contribution in [0.1, 0.15) is 24.5 Å². The highest BCUT2D eigenvalue weighted by molar-refractivity contribution is 6.02. The summed E-state index contributed by atoms with van der Waals surface area (Å²) in [5.74, 6) is -0.241. The molecule has 1 aliphatic rings. The summed E-state index contributed by atoms with van der Waals surface area (Å²) in [6, 6.07) is 15.4. The second-order valence-electron chi connectivity index (χ2n) is 7.96. The van der Waals surface area contributed by atoms with E-state index in [0.717, 1.165) is 6.42 Å². The quantitative estimate of drug-likeness (QED) is 0.220. The molecule has 0 spiro atoms. The molecule has 2 aromatic carbocycles. The fraction of sp³-hybridized carbons (Fsp3) is 0.286. The predicted octanol–water partition coefficient (Wildman–Crippen LogP) is 3.76. The first kappa shape index (κ1) is 27.0. The molecule has 0 radical (unpaired) electrons. The number of hydrogen-bond donors (Lipinski definition) is 0.